The predicted octanol–water partition coefficient (Wildman–Crippen LogP) is 4.57. The lowest BCUT2D eigenvalue weighted by molar-refractivity contribution is -0.135. The van der Waals surface area contributed by atoms with Gasteiger partial charge in [-0.1, -0.05) is 45.4 Å². The van der Waals surface area contributed by atoms with E-state index in [1.54, 1.807) is 11.8 Å². The second-order valence-corrected chi connectivity index (χ2v) is 9.05. The minimum atomic E-state index is -0.357. The molecule has 2 atom stereocenters. The van der Waals surface area contributed by atoms with Crippen LogP contribution in [-0.4, -0.2) is 51.9 Å². The molecule has 2 rings (SSSR count). The summed E-state index contributed by atoms with van der Waals surface area (Å²) in [5.74, 6) is 1.27. The highest BCUT2D eigenvalue weighted by Crippen LogP contribution is 2.35. The second-order valence-electron chi connectivity index (χ2n) is 7.84. The Morgan fingerprint density at radius 1 is 1.22 bits per heavy atom. The lowest BCUT2D eigenvalue weighted by Crippen LogP contribution is -2.51. The zero-order valence-electron chi connectivity index (χ0n) is 17.4. The third-order valence-electron chi connectivity index (χ3n) is 4.85. The third kappa shape index (κ3) is 5.50. The smallest absolute Gasteiger partial charge is 0.255 e. The molecule has 0 aliphatic carbocycles. The van der Waals surface area contributed by atoms with Crippen molar-refractivity contribution < 1.29 is 9.59 Å². The molecule has 0 saturated carbocycles. The van der Waals surface area contributed by atoms with Gasteiger partial charge in [-0.15, -0.1) is 11.8 Å². The quantitative estimate of drug-likeness (QED) is 0.653. The Balaban J connectivity index is 2.31. The summed E-state index contributed by atoms with van der Waals surface area (Å²) < 4.78 is 0. The predicted molar refractivity (Wildman–Crippen MR) is 114 cm³/mol. The first-order valence-electron chi connectivity index (χ1n) is 10.2. The highest BCUT2D eigenvalue weighted by atomic mass is 32.2. The number of amides is 2. The van der Waals surface area contributed by atoms with Crippen molar-refractivity contribution in [1.29, 1.82) is 0 Å². The molecule has 1 aliphatic heterocycles. The summed E-state index contributed by atoms with van der Waals surface area (Å²) in [4.78, 5) is 30.5. The SMILES string of the molecule is CCCN(CCC)C(=O)C1CSC(CC(C)C)N1C(=O)c1cccc(C)c1. The maximum atomic E-state index is 13.4. The first kappa shape index (κ1) is 21.8. The van der Waals surface area contributed by atoms with Gasteiger partial charge >= 0.3 is 0 Å². The van der Waals surface area contributed by atoms with Crippen LogP contribution in [0.5, 0.6) is 0 Å². The average Bonchev–Trinajstić information content (AvgIpc) is 3.03. The van der Waals surface area contributed by atoms with E-state index < -0.39 is 0 Å². The van der Waals surface area contributed by atoms with Crippen LogP contribution in [0.1, 0.15) is 62.9 Å². The minimum absolute atomic E-state index is 0.0133. The van der Waals surface area contributed by atoms with E-state index >= 15 is 0 Å². The van der Waals surface area contributed by atoms with Gasteiger partial charge in [0.25, 0.3) is 5.91 Å². The van der Waals surface area contributed by atoms with Gasteiger partial charge in [-0.25, -0.2) is 0 Å². The van der Waals surface area contributed by atoms with Crippen molar-refractivity contribution >= 4 is 23.6 Å². The van der Waals surface area contributed by atoms with Crippen LogP contribution in [0.15, 0.2) is 24.3 Å². The number of carbonyl (C=O) groups is 2. The number of thioether (sulfide) groups is 1. The van der Waals surface area contributed by atoms with Gasteiger partial charge in [0.15, 0.2) is 0 Å². The Bertz CT molecular complexity index is 641. The van der Waals surface area contributed by atoms with Crippen molar-refractivity contribution in [2.24, 2.45) is 5.92 Å². The molecule has 0 radical (unpaired) electrons. The first-order valence-corrected chi connectivity index (χ1v) is 11.2. The Kier molecular flexibility index (Phi) is 8.21. The number of hydrogen-bond donors (Lipinski definition) is 0. The fraction of sp³-hybridized carbons (Fsp3) is 0.636. The van der Waals surface area contributed by atoms with E-state index in [1.807, 2.05) is 41.0 Å². The van der Waals surface area contributed by atoms with Gasteiger partial charge in [-0.3, -0.25) is 9.59 Å². The summed E-state index contributed by atoms with van der Waals surface area (Å²) in [6, 6.07) is 7.34. The molecule has 0 spiro atoms. The standard InChI is InChI=1S/C22H34N2O2S/c1-6-11-23(12-7-2)22(26)19-15-27-20(13-16(3)4)24(19)21(25)18-10-8-9-17(5)14-18/h8-10,14,16,19-20H,6-7,11-13,15H2,1-5H3. The zero-order valence-corrected chi connectivity index (χ0v) is 18.2. The maximum Gasteiger partial charge on any atom is 0.255 e. The van der Waals surface area contributed by atoms with E-state index in [4.69, 9.17) is 0 Å². The molecular weight excluding hydrogens is 356 g/mol. The highest BCUT2D eigenvalue weighted by Gasteiger charge is 2.43. The molecule has 2 unspecified atom stereocenters. The van der Waals surface area contributed by atoms with Crippen molar-refractivity contribution in [3.05, 3.63) is 35.4 Å². The monoisotopic (exact) mass is 390 g/mol. The highest BCUT2D eigenvalue weighted by molar-refractivity contribution is 8.00. The Hall–Kier alpha value is -1.49. The molecule has 1 fully saturated rings. The fourth-order valence-electron chi connectivity index (χ4n) is 3.62. The summed E-state index contributed by atoms with van der Waals surface area (Å²) >= 11 is 1.75. The molecule has 5 heteroatoms. The van der Waals surface area contributed by atoms with Gasteiger partial charge in [-0.05, 0) is 44.2 Å². The van der Waals surface area contributed by atoms with Crippen LogP contribution in [0.3, 0.4) is 0 Å². The summed E-state index contributed by atoms with van der Waals surface area (Å²) in [5.41, 5.74) is 1.75. The van der Waals surface area contributed by atoms with Crippen LogP contribution >= 0.6 is 11.8 Å². The van der Waals surface area contributed by atoms with Crippen LogP contribution in [0.25, 0.3) is 0 Å². The second kappa shape index (κ2) is 10.2. The maximum absolute atomic E-state index is 13.4. The molecule has 0 bridgehead atoms. The van der Waals surface area contributed by atoms with Crippen LogP contribution in [0, 0.1) is 12.8 Å². The van der Waals surface area contributed by atoms with Crippen LogP contribution in [-0.2, 0) is 4.79 Å². The molecule has 1 heterocycles. The molecule has 0 aromatic heterocycles. The zero-order chi connectivity index (χ0) is 20.0. The lowest BCUT2D eigenvalue weighted by atomic mass is 10.1. The summed E-state index contributed by atoms with van der Waals surface area (Å²) in [6.45, 7) is 12.0. The van der Waals surface area contributed by atoms with Gasteiger partial charge in [0.1, 0.15) is 6.04 Å². The van der Waals surface area contributed by atoms with Gasteiger partial charge in [0.05, 0.1) is 5.37 Å². The van der Waals surface area contributed by atoms with Crippen LogP contribution in [0.4, 0.5) is 0 Å². The minimum Gasteiger partial charge on any atom is -0.341 e. The van der Waals surface area contributed by atoms with Crippen molar-refractivity contribution in [2.45, 2.75) is 65.3 Å². The average molecular weight is 391 g/mol. The van der Waals surface area contributed by atoms with Crippen LogP contribution < -0.4 is 0 Å². The number of benzene rings is 1. The number of carbonyl (C=O) groups excluding carboxylic acids is 2. The molecular formula is C22H34N2O2S. The summed E-state index contributed by atoms with van der Waals surface area (Å²) in [5, 5.41) is 0.0667. The lowest BCUT2D eigenvalue weighted by Gasteiger charge is -2.33. The molecule has 2 amide bonds. The molecule has 0 N–H and O–H groups in total. The molecule has 150 valence electrons. The van der Waals surface area contributed by atoms with E-state index in [2.05, 4.69) is 27.7 Å². The van der Waals surface area contributed by atoms with Gasteiger partial charge in [0.2, 0.25) is 5.91 Å². The Morgan fingerprint density at radius 2 is 1.89 bits per heavy atom. The van der Waals surface area contributed by atoms with E-state index in [1.165, 1.54) is 0 Å². The fourth-order valence-corrected chi connectivity index (χ4v) is 5.25. The molecule has 1 aromatic rings. The molecule has 4 nitrogen and oxygen atoms in total. The van der Waals surface area contributed by atoms with Gasteiger partial charge < -0.3 is 9.80 Å². The number of rotatable bonds is 8. The van der Waals surface area contributed by atoms with Crippen molar-refractivity contribution in [3.8, 4) is 0 Å². The summed E-state index contributed by atoms with van der Waals surface area (Å²) in [7, 11) is 0. The van der Waals surface area contributed by atoms with E-state index in [-0.39, 0.29) is 23.2 Å². The van der Waals surface area contributed by atoms with E-state index in [9.17, 15) is 9.59 Å². The molecule has 1 aliphatic rings. The Morgan fingerprint density at radius 3 is 2.44 bits per heavy atom. The van der Waals surface area contributed by atoms with E-state index in [0.29, 0.717) is 17.2 Å². The van der Waals surface area contributed by atoms with Gasteiger partial charge in [0, 0.05) is 24.4 Å². The molecule has 27 heavy (non-hydrogen) atoms. The largest absolute Gasteiger partial charge is 0.341 e. The number of hydrogen-bond acceptors (Lipinski definition) is 3. The third-order valence-corrected chi connectivity index (χ3v) is 6.16. The van der Waals surface area contributed by atoms with Crippen LogP contribution in [0.2, 0.25) is 0 Å². The number of aryl methyl sites for hydroxylation is 1. The van der Waals surface area contributed by atoms with Crippen molar-refractivity contribution in [3.63, 3.8) is 0 Å². The van der Waals surface area contributed by atoms with Crippen molar-refractivity contribution in [2.75, 3.05) is 18.8 Å². The Labute approximate surface area is 168 Å². The molecule has 1 aromatic carbocycles. The molecule has 1 saturated heterocycles. The topological polar surface area (TPSA) is 40.6 Å². The first-order chi connectivity index (χ1) is 12.9. The van der Waals surface area contributed by atoms with Crippen molar-refractivity contribution in [1.82, 2.24) is 9.80 Å². The normalized spacial score (nSPS) is 19.6. The number of nitrogens with zero attached hydrogens (tertiary/aromatic N) is 2. The van der Waals surface area contributed by atoms with Gasteiger partial charge in [-0.2, -0.15) is 0 Å². The summed E-state index contributed by atoms with van der Waals surface area (Å²) in [6.07, 6.45) is 2.78. The van der Waals surface area contributed by atoms with E-state index in [0.717, 1.165) is 37.9 Å².